The second-order valence-electron chi connectivity index (χ2n) is 7.30. The van der Waals surface area contributed by atoms with E-state index >= 15 is 0 Å². The minimum Gasteiger partial charge on any atom is -0.491 e. The zero-order valence-corrected chi connectivity index (χ0v) is 16.7. The van der Waals surface area contributed by atoms with Crippen molar-refractivity contribution in [2.45, 2.75) is 39.7 Å². The molecule has 0 atom stereocenters. The molecule has 2 aromatic rings. The third-order valence-electron chi connectivity index (χ3n) is 5.01. The quantitative estimate of drug-likeness (QED) is 0.536. The lowest BCUT2D eigenvalue weighted by atomic mass is 10.1. The number of carbonyl (C=O) groups is 2. The third-order valence-corrected chi connectivity index (χ3v) is 5.01. The van der Waals surface area contributed by atoms with Gasteiger partial charge in [-0.15, -0.1) is 0 Å². The molecule has 1 heterocycles. The number of aryl methyl sites for hydroxylation is 2. The zero-order chi connectivity index (χ0) is 19.9. The molecule has 5 heteroatoms. The predicted molar refractivity (Wildman–Crippen MR) is 109 cm³/mol. The second-order valence-corrected chi connectivity index (χ2v) is 7.30. The fraction of sp³-hybridized carbons (Fsp3) is 0.391. The second kappa shape index (κ2) is 9.51. The minimum absolute atomic E-state index is 0.0996. The third kappa shape index (κ3) is 5.42. The number of hydrogen-bond acceptors (Lipinski definition) is 4. The monoisotopic (exact) mass is 380 g/mol. The van der Waals surface area contributed by atoms with Crippen molar-refractivity contribution in [2.75, 3.05) is 19.7 Å². The van der Waals surface area contributed by atoms with E-state index in [0.717, 1.165) is 30.8 Å². The maximum absolute atomic E-state index is 11.6. The smallest absolute Gasteiger partial charge is 0.229 e. The van der Waals surface area contributed by atoms with Crippen molar-refractivity contribution in [3.63, 3.8) is 0 Å². The average Bonchev–Trinajstić information content (AvgIpc) is 3.00. The summed E-state index contributed by atoms with van der Waals surface area (Å²) < 4.78 is 5.78. The molecule has 5 nitrogen and oxygen atoms in total. The fourth-order valence-corrected chi connectivity index (χ4v) is 3.32. The Hall–Kier alpha value is -2.66. The summed E-state index contributed by atoms with van der Waals surface area (Å²) >= 11 is 0. The van der Waals surface area contributed by atoms with E-state index in [2.05, 4.69) is 42.6 Å². The van der Waals surface area contributed by atoms with Gasteiger partial charge in [0.05, 0.1) is 6.54 Å². The van der Waals surface area contributed by atoms with Gasteiger partial charge in [-0.25, -0.2) is 0 Å². The fourth-order valence-electron chi connectivity index (χ4n) is 3.32. The normalized spacial score (nSPS) is 14.0. The molecule has 0 aliphatic carbocycles. The van der Waals surface area contributed by atoms with Crippen LogP contribution in [0.4, 0.5) is 0 Å². The molecule has 0 unspecified atom stereocenters. The van der Waals surface area contributed by atoms with Gasteiger partial charge in [0.25, 0.3) is 0 Å². The lowest BCUT2D eigenvalue weighted by Gasteiger charge is -2.15. The van der Waals surface area contributed by atoms with Gasteiger partial charge in [-0.05, 0) is 49.6 Å². The van der Waals surface area contributed by atoms with Gasteiger partial charge in [0.2, 0.25) is 11.8 Å². The molecule has 148 valence electrons. The summed E-state index contributed by atoms with van der Waals surface area (Å²) in [6.07, 6.45) is 1.65. The predicted octanol–water partition coefficient (Wildman–Crippen LogP) is 3.16. The van der Waals surface area contributed by atoms with Crippen molar-refractivity contribution >= 4 is 11.8 Å². The van der Waals surface area contributed by atoms with Crippen LogP contribution in [0, 0.1) is 13.8 Å². The number of rotatable bonds is 9. The molecule has 0 aromatic heterocycles. The van der Waals surface area contributed by atoms with Gasteiger partial charge in [-0.3, -0.25) is 14.5 Å². The summed E-state index contributed by atoms with van der Waals surface area (Å²) in [4.78, 5) is 24.5. The Balaban J connectivity index is 1.41. The van der Waals surface area contributed by atoms with Crippen molar-refractivity contribution in [3.8, 4) is 5.75 Å². The van der Waals surface area contributed by atoms with E-state index < -0.39 is 0 Å². The largest absolute Gasteiger partial charge is 0.491 e. The van der Waals surface area contributed by atoms with Gasteiger partial charge in [-0.2, -0.15) is 0 Å². The van der Waals surface area contributed by atoms with Crippen molar-refractivity contribution in [2.24, 2.45) is 0 Å². The lowest BCUT2D eigenvalue weighted by Crippen LogP contribution is -2.33. The summed E-state index contributed by atoms with van der Waals surface area (Å²) in [6, 6.07) is 14.8. The maximum Gasteiger partial charge on any atom is 0.229 e. The van der Waals surface area contributed by atoms with Gasteiger partial charge in [0.1, 0.15) is 12.4 Å². The maximum atomic E-state index is 11.6. The number of benzene rings is 2. The van der Waals surface area contributed by atoms with Crippen LogP contribution < -0.4 is 10.1 Å². The molecule has 0 radical (unpaired) electrons. The molecule has 2 aromatic carbocycles. The van der Waals surface area contributed by atoms with Gasteiger partial charge in [-0.1, -0.05) is 42.0 Å². The van der Waals surface area contributed by atoms with Crippen molar-refractivity contribution < 1.29 is 14.3 Å². The first-order chi connectivity index (χ1) is 13.5. The molecule has 28 heavy (non-hydrogen) atoms. The highest BCUT2D eigenvalue weighted by Gasteiger charge is 2.28. The Morgan fingerprint density at radius 2 is 1.64 bits per heavy atom. The van der Waals surface area contributed by atoms with E-state index in [0.29, 0.717) is 26.0 Å². The number of nitrogens with one attached hydrogen (secondary N) is 1. The van der Waals surface area contributed by atoms with Crippen LogP contribution in [0.25, 0.3) is 0 Å². The summed E-state index contributed by atoms with van der Waals surface area (Å²) in [5.74, 6) is 0.595. The van der Waals surface area contributed by atoms with Gasteiger partial charge >= 0.3 is 0 Å². The van der Waals surface area contributed by atoms with E-state index in [1.165, 1.54) is 21.6 Å². The molecule has 1 aliphatic rings. The number of hydrogen-bond donors (Lipinski definition) is 1. The Kier molecular flexibility index (Phi) is 6.82. The molecular formula is C23H28N2O3. The topological polar surface area (TPSA) is 58.6 Å². The summed E-state index contributed by atoms with van der Waals surface area (Å²) in [6.45, 7) is 6.49. The first kappa shape index (κ1) is 20.1. The van der Waals surface area contributed by atoms with E-state index in [1.54, 1.807) is 0 Å². The van der Waals surface area contributed by atoms with E-state index in [9.17, 15) is 9.59 Å². The number of nitrogens with zero attached hydrogens (tertiary/aromatic N) is 1. The van der Waals surface area contributed by atoms with Gasteiger partial charge in [0.15, 0.2) is 0 Å². The molecule has 2 amide bonds. The Morgan fingerprint density at radius 3 is 2.32 bits per heavy atom. The molecule has 3 rings (SSSR count). The van der Waals surface area contributed by atoms with Crippen LogP contribution in [-0.4, -0.2) is 36.4 Å². The first-order valence-electron chi connectivity index (χ1n) is 9.85. The Labute approximate surface area is 166 Å². The molecular weight excluding hydrogens is 352 g/mol. The van der Waals surface area contributed by atoms with Crippen molar-refractivity contribution in [3.05, 3.63) is 64.7 Å². The van der Waals surface area contributed by atoms with Crippen LogP contribution >= 0.6 is 0 Å². The number of ether oxygens (including phenoxy) is 1. The van der Waals surface area contributed by atoms with E-state index in [-0.39, 0.29) is 11.8 Å². The zero-order valence-electron chi connectivity index (χ0n) is 16.7. The molecule has 1 N–H and O–H groups in total. The van der Waals surface area contributed by atoms with Crippen LogP contribution in [0.5, 0.6) is 5.75 Å². The average molecular weight is 380 g/mol. The first-order valence-corrected chi connectivity index (χ1v) is 9.85. The summed E-state index contributed by atoms with van der Waals surface area (Å²) in [7, 11) is 0. The SMILES string of the molecule is Cc1ccc(CCNCc2ccc(OCCN3C(=O)CCC3=O)c(C)c2)cc1. The van der Waals surface area contributed by atoms with E-state index in [1.807, 2.05) is 19.1 Å². The van der Waals surface area contributed by atoms with Crippen LogP contribution in [0.1, 0.15) is 35.1 Å². The van der Waals surface area contributed by atoms with Crippen LogP contribution in [0.2, 0.25) is 0 Å². The standard InChI is InChI=1S/C23H28N2O3/c1-17-3-5-19(6-4-17)11-12-24-16-20-7-8-21(18(2)15-20)28-14-13-25-22(26)9-10-23(25)27/h3-8,15,24H,9-14,16H2,1-2H3. The molecule has 0 spiro atoms. The van der Waals surface area contributed by atoms with Crippen LogP contribution in [-0.2, 0) is 22.6 Å². The number of likely N-dealkylation sites (tertiary alicyclic amines) is 1. The van der Waals surface area contributed by atoms with Gasteiger partial charge < -0.3 is 10.1 Å². The molecule has 0 bridgehead atoms. The molecule has 0 saturated carbocycles. The summed E-state index contributed by atoms with van der Waals surface area (Å²) in [5, 5.41) is 3.48. The highest BCUT2D eigenvalue weighted by molar-refractivity contribution is 6.01. The summed E-state index contributed by atoms with van der Waals surface area (Å²) in [5.41, 5.74) is 4.89. The number of imide groups is 1. The van der Waals surface area contributed by atoms with Crippen LogP contribution in [0.15, 0.2) is 42.5 Å². The van der Waals surface area contributed by atoms with Crippen molar-refractivity contribution in [1.82, 2.24) is 10.2 Å². The van der Waals surface area contributed by atoms with E-state index in [4.69, 9.17) is 4.74 Å². The Morgan fingerprint density at radius 1 is 0.964 bits per heavy atom. The highest BCUT2D eigenvalue weighted by Crippen LogP contribution is 2.20. The molecule has 1 saturated heterocycles. The number of carbonyl (C=O) groups excluding carboxylic acids is 2. The van der Waals surface area contributed by atoms with Crippen molar-refractivity contribution in [1.29, 1.82) is 0 Å². The molecule has 1 aliphatic heterocycles. The highest BCUT2D eigenvalue weighted by atomic mass is 16.5. The molecule has 1 fully saturated rings. The number of amides is 2. The lowest BCUT2D eigenvalue weighted by molar-refractivity contribution is -0.138. The minimum atomic E-state index is -0.0996. The van der Waals surface area contributed by atoms with Crippen LogP contribution in [0.3, 0.4) is 0 Å². The van der Waals surface area contributed by atoms with Gasteiger partial charge in [0, 0.05) is 19.4 Å². The Bertz CT molecular complexity index is 814.